The van der Waals surface area contributed by atoms with Crippen LogP contribution in [0.3, 0.4) is 0 Å². The molecule has 0 bridgehead atoms. The number of piperidine rings is 1. The third-order valence-electron chi connectivity index (χ3n) is 5.31. The van der Waals surface area contributed by atoms with Crippen molar-refractivity contribution in [1.82, 2.24) is 4.90 Å². The van der Waals surface area contributed by atoms with Gasteiger partial charge in [0.2, 0.25) is 0 Å². The summed E-state index contributed by atoms with van der Waals surface area (Å²) in [7, 11) is 0. The minimum absolute atomic E-state index is 0.0465. The Morgan fingerprint density at radius 2 is 1.91 bits per heavy atom. The fraction of sp³-hybridized carbons (Fsp3) is 0.632. The van der Waals surface area contributed by atoms with Crippen molar-refractivity contribution in [2.75, 3.05) is 13.1 Å². The van der Waals surface area contributed by atoms with Gasteiger partial charge in [0.1, 0.15) is 5.75 Å². The number of carbonyl (C=O) groups excluding carboxylic acids is 1. The van der Waals surface area contributed by atoms with Crippen LogP contribution in [0.2, 0.25) is 0 Å². The molecule has 23 heavy (non-hydrogen) atoms. The van der Waals surface area contributed by atoms with E-state index in [1.807, 2.05) is 29.2 Å². The molecule has 3 rings (SSSR count). The van der Waals surface area contributed by atoms with E-state index in [0.29, 0.717) is 12.1 Å². The van der Waals surface area contributed by atoms with Crippen molar-refractivity contribution in [3.05, 3.63) is 29.8 Å². The van der Waals surface area contributed by atoms with Crippen molar-refractivity contribution < 1.29 is 9.53 Å². The first-order valence-electron chi connectivity index (χ1n) is 8.78. The maximum atomic E-state index is 13.0. The summed E-state index contributed by atoms with van der Waals surface area (Å²) in [4.78, 5) is 14.9. The summed E-state index contributed by atoms with van der Waals surface area (Å²) in [5.74, 6) is 0.802. The lowest BCUT2D eigenvalue weighted by Gasteiger charge is -2.42. The number of amides is 1. The molecule has 1 unspecified atom stereocenters. The van der Waals surface area contributed by atoms with Crippen LogP contribution in [0.25, 0.3) is 0 Å². The first kappa shape index (κ1) is 16.3. The molecule has 1 saturated heterocycles. The summed E-state index contributed by atoms with van der Waals surface area (Å²) in [5.41, 5.74) is 6.83. The molecule has 2 fully saturated rings. The lowest BCUT2D eigenvalue weighted by atomic mass is 9.79. The second-order valence-corrected chi connectivity index (χ2v) is 7.63. The molecular formula is C19H28N2O2. The number of hydrogen-bond donors (Lipinski definition) is 1. The molecule has 0 radical (unpaired) electrons. The molecule has 0 aromatic heterocycles. The number of para-hydroxylation sites is 1. The Morgan fingerprint density at radius 3 is 2.61 bits per heavy atom. The van der Waals surface area contributed by atoms with Crippen molar-refractivity contribution in [2.24, 2.45) is 11.1 Å². The quantitative estimate of drug-likeness (QED) is 0.931. The number of nitrogens with zero attached hydrogens (tertiary/aromatic N) is 1. The van der Waals surface area contributed by atoms with Gasteiger partial charge in [-0.05, 0) is 49.7 Å². The highest BCUT2D eigenvalue weighted by molar-refractivity contribution is 5.97. The highest BCUT2D eigenvalue weighted by Gasteiger charge is 2.36. The minimum atomic E-state index is -0.0465. The molecule has 1 saturated carbocycles. The lowest BCUT2D eigenvalue weighted by molar-refractivity contribution is 0.0527. The van der Waals surface area contributed by atoms with Gasteiger partial charge < -0.3 is 15.4 Å². The molecule has 1 atom stereocenters. The number of carbonyl (C=O) groups is 1. The SMILES string of the molecule is CC1(C)CN(C(=O)c2ccccc2OC2CCCC2)CCC1N. The van der Waals surface area contributed by atoms with Gasteiger partial charge in [-0.25, -0.2) is 0 Å². The smallest absolute Gasteiger partial charge is 0.257 e. The van der Waals surface area contributed by atoms with E-state index in [2.05, 4.69) is 13.8 Å². The average molecular weight is 316 g/mol. The van der Waals surface area contributed by atoms with E-state index in [1.54, 1.807) is 0 Å². The number of benzene rings is 1. The largest absolute Gasteiger partial charge is 0.490 e. The summed E-state index contributed by atoms with van der Waals surface area (Å²) in [6, 6.07) is 7.81. The summed E-state index contributed by atoms with van der Waals surface area (Å²) in [6.45, 7) is 5.70. The maximum Gasteiger partial charge on any atom is 0.257 e. The Hall–Kier alpha value is -1.55. The van der Waals surface area contributed by atoms with Crippen molar-refractivity contribution in [3.8, 4) is 5.75 Å². The Kier molecular flexibility index (Phi) is 4.62. The first-order valence-corrected chi connectivity index (χ1v) is 8.78. The van der Waals surface area contributed by atoms with Gasteiger partial charge in [0.15, 0.2) is 0 Å². The predicted molar refractivity (Wildman–Crippen MR) is 91.6 cm³/mol. The van der Waals surface area contributed by atoms with Crippen LogP contribution in [0.4, 0.5) is 0 Å². The topological polar surface area (TPSA) is 55.6 Å². The normalized spacial score (nSPS) is 24.7. The molecule has 1 aliphatic carbocycles. The second kappa shape index (κ2) is 6.52. The number of nitrogens with two attached hydrogens (primary N) is 1. The van der Waals surface area contributed by atoms with Gasteiger partial charge in [-0.3, -0.25) is 4.79 Å². The molecule has 126 valence electrons. The molecule has 2 N–H and O–H groups in total. The van der Waals surface area contributed by atoms with Crippen LogP contribution >= 0.6 is 0 Å². The van der Waals surface area contributed by atoms with Crippen LogP contribution in [0.15, 0.2) is 24.3 Å². The third-order valence-corrected chi connectivity index (χ3v) is 5.31. The van der Waals surface area contributed by atoms with Gasteiger partial charge in [0, 0.05) is 19.1 Å². The Morgan fingerprint density at radius 1 is 1.22 bits per heavy atom. The molecule has 4 heteroatoms. The van der Waals surface area contributed by atoms with Gasteiger partial charge in [-0.2, -0.15) is 0 Å². The second-order valence-electron chi connectivity index (χ2n) is 7.63. The average Bonchev–Trinajstić information content (AvgIpc) is 3.03. The molecule has 1 amide bonds. The first-order chi connectivity index (χ1) is 11.0. The zero-order valence-corrected chi connectivity index (χ0v) is 14.3. The van der Waals surface area contributed by atoms with E-state index in [1.165, 1.54) is 12.8 Å². The highest BCUT2D eigenvalue weighted by atomic mass is 16.5. The number of rotatable bonds is 3. The van der Waals surface area contributed by atoms with Crippen molar-refractivity contribution in [2.45, 2.75) is 58.1 Å². The van der Waals surface area contributed by atoms with E-state index in [4.69, 9.17) is 10.5 Å². The molecular weight excluding hydrogens is 288 g/mol. The Labute approximate surface area is 139 Å². The Bertz CT molecular complexity index is 564. The van der Waals surface area contributed by atoms with Crippen LogP contribution in [0.1, 0.15) is 56.3 Å². The molecule has 1 heterocycles. The fourth-order valence-corrected chi connectivity index (χ4v) is 3.65. The molecule has 0 spiro atoms. The standard InChI is InChI=1S/C19H28N2O2/c1-19(2)13-21(12-11-17(19)20)18(22)15-9-5-6-10-16(15)23-14-7-3-4-8-14/h5-6,9-10,14,17H,3-4,7-8,11-13,20H2,1-2H3. The minimum Gasteiger partial charge on any atom is -0.490 e. The molecule has 4 nitrogen and oxygen atoms in total. The molecule has 2 aliphatic rings. The Balaban J connectivity index is 1.77. The zero-order valence-electron chi connectivity index (χ0n) is 14.3. The van der Waals surface area contributed by atoms with Gasteiger partial charge in [0.05, 0.1) is 11.7 Å². The number of ether oxygens (including phenoxy) is 1. The van der Waals surface area contributed by atoms with E-state index in [9.17, 15) is 4.79 Å². The fourth-order valence-electron chi connectivity index (χ4n) is 3.65. The maximum absolute atomic E-state index is 13.0. The summed E-state index contributed by atoms with van der Waals surface area (Å²) in [6.07, 6.45) is 5.74. The predicted octanol–water partition coefficient (Wildman–Crippen LogP) is 3.21. The van der Waals surface area contributed by atoms with Crippen LogP contribution in [-0.4, -0.2) is 36.0 Å². The van der Waals surface area contributed by atoms with Crippen LogP contribution in [-0.2, 0) is 0 Å². The van der Waals surface area contributed by atoms with Gasteiger partial charge >= 0.3 is 0 Å². The molecule has 1 aromatic carbocycles. The van der Waals surface area contributed by atoms with Gasteiger partial charge in [0.25, 0.3) is 5.91 Å². The lowest BCUT2D eigenvalue weighted by Crippen LogP contribution is -2.54. The third kappa shape index (κ3) is 3.52. The van der Waals surface area contributed by atoms with Crippen molar-refractivity contribution >= 4 is 5.91 Å². The number of likely N-dealkylation sites (tertiary alicyclic amines) is 1. The highest BCUT2D eigenvalue weighted by Crippen LogP contribution is 2.31. The number of hydrogen-bond acceptors (Lipinski definition) is 3. The molecule has 1 aromatic rings. The van der Waals surface area contributed by atoms with E-state index < -0.39 is 0 Å². The zero-order chi connectivity index (χ0) is 16.4. The molecule has 1 aliphatic heterocycles. The van der Waals surface area contributed by atoms with Crippen LogP contribution in [0.5, 0.6) is 5.75 Å². The summed E-state index contributed by atoms with van der Waals surface area (Å²) < 4.78 is 6.12. The van der Waals surface area contributed by atoms with E-state index in [-0.39, 0.29) is 23.5 Å². The van der Waals surface area contributed by atoms with Crippen LogP contribution < -0.4 is 10.5 Å². The van der Waals surface area contributed by atoms with Crippen molar-refractivity contribution in [1.29, 1.82) is 0 Å². The van der Waals surface area contributed by atoms with E-state index >= 15 is 0 Å². The van der Waals surface area contributed by atoms with Crippen molar-refractivity contribution in [3.63, 3.8) is 0 Å². The van der Waals surface area contributed by atoms with Crippen LogP contribution in [0, 0.1) is 5.41 Å². The summed E-state index contributed by atoms with van der Waals surface area (Å²) in [5, 5.41) is 0. The summed E-state index contributed by atoms with van der Waals surface area (Å²) >= 11 is 0. The van der Waals surface area contributed by atoms with E-state index in [0.717, 1.165) is 31.6 Å². The van der Waals surface area contributed by atoms with Gasteiger partial charge in [-0.1, -0.05) is 26.0 Å². The monoisotopic (exact) mass is 316 g/mol. The van der Waals surface area contributed by atoms with Gasteiger partial charge in [-0.15, -0.1) is 0 Å².